The molecule has 36 heavy (non-hydrogen) atoms. The molecule has 0 aliphatic heterocycles. The van der Waals surface area contributed by atoms with Crippen LogP contribution in [-0.2, 0) is 6.54 Å². The van der Waals surface area contributed by atoms with Gasteiger partial charge in [0.15, 0.2) is 5.65 Å². The molecule has 8 nitrogen and oxygen atoms in total. The van der Waals surface area contributed by atoms with Crippen molar-refractivity contribution in [3.8, 4) is 11.3 Å². The molecule has 3 heterocycles. The van der Waals surface area contributed by atoms with Crippen LogP contribution < -0.4 is 5.56 Å². The van der Waals surface area contributed by atoms with Crippen molar-refractivity contribution in [2.75, 3.05) is 6.54 Å². The first-order valence-electron chi connectivity index (χ1n) is 12.1. The van der Waals surface area contributed by atoms with E-state index >= 15 is 0 Å². The summed E-state index contributed by atoms with van der Waals surface area (Å²) in [6.07, 6.45) is 1.71. The first kappa shape index (κ1) is 23.4. The highest BCUT2D eigenvalue weighted by atomic mass is 16.2. The van der Waals surface area contributed by atoms with E-state index in [0.717, 1.165) is 11.1 Å². The normalized spacial score (nSPS) is 11.5. The Hall–Kier alpha value is -4.33. The molecular weight excluding hydrogens is 452 g/mol. The zero-order valence-corrected chi connectivity index (χ0v) is 20.8. The molecule has 182 valence electrons. The summed E-state index contributed by atoms with van der Waals surface area (Å²) in [4.78, 5) is 40.4. The first-order valence-corrected chi connectivity index (χ1v) is 12.1. The number of nitrogens with zero attached hydrogens (tertiary/aromatic N) is 5. The molecule has 5 aromatic rings. The molecular formula is C28H28N6O2. The third kappa shape index (κ3) is 4.26. The van der Waals surface area contributed by atoms with Gasteiger partial charge in [0.05, 0.1) is 40.3 Å². The number of aryl methyl sites for hydroxylation is 1. The lowest BCUT2D eigenvalue weighted by atomic mass is 10.0. The van der Waals surface area contributed by atoms with Gasteiger partial charge in [-0.3, -0.25) is 9.59 Å². The fraction of sp³-hybridized carbons (Fsp3) is 0.250. The average Bonchev–Trinajstić information content (AvgIpc) is 3.31. The van der Waals surface area contributed by atoms with Crippen molar-refractivity contribution < 1.29 is 4.79 Å². The van der Waals surface area contributed by atoms with Crippen LogP contribution in [0.2, 0.25) is 0 Å². The summed E-state index contributed by atoms with van der Waals surface area (Å²) in [7, 11) is 0. The summed E-state index contributed by atoms with van der Waals surface area (Å²) in [6, 6.07) is 17.2. The van der Waals surface area contributed by atoms with E-state index in [-0.39, 0.29) is 24.1 Å². The van der Waals surface area contributed by atoms with Crippen LogP contribution >= 0.6 is 0 Å². The molecule has 0 saturated carbocycles. The van der Waals surface area contributed by atoms with E-state index in [4.69, 9.17) is 4.98 Å². The number of aromatic amines is 1. The molecule has 0 saturated heterocycles. The maximum atomic E-state index is 13.9. The minimum Gasteiger partial charge on any atom is -0.331 e. The Morgan fingerprint density at radius 1 is 1.06 bits per heavy atom. The van der Waals surface area contributed by atoms with Crippen molar-refractivity contribution in [3.05, 3.63) is 88.1 Å². The number of rotatable bonds is 6. The largest absolute Gasteiger partial charge is 0.331 e. The van der Waals surface area contributed by atoms with E-state index < -0.39 is 0 Å². The summed E-state index contributed by atoms with van der Waals surface area (Å²) in [6.45, 7) is 8.64. The number of hydrogen-bond donors (Lipinski definition) is 1. The number of aromatic nitrogens is 5. The number of hydrogen-bond acceptors (Lipinski definition) is 5. The Labute approximate surface area is 208 Å². The lowest BCUT2D eigenvalue weighted by Crippen LogP contribution is -2.32. The van der Waals surface area contributed by atoms with E-state index in [1.165, 1.54) is 0 Å². The molecule has 0 unspecified atom stereocenters. The number of carbonyl (C=O) groups is 1. The van der Waals surface area contributed by atoms with Crippen LogP contribution in [0, 0.1) is 6.92 Å². The monoisotopic (exact) mass is 480 g/mol. The smallest absolute Gasteiger partial charge is 0.258 e. The molecule has 0 bridgehead atoms. The Morgan fingerprint density at radius 2 is 1.81 bits per heavy atom. The fourth-order valence-electron chi connectivity index (χ4n) is 4.33. The Balaban J connectivity index is 1.59. The average molecular weight is 481 g/mol. The predicted molar refractivity (Wildman–Crippen MR) is 141 cm³/mol. The fourth-order valence-corrected chi connectivity index (χ4v) is 4.33. The number of fused-ring (bicyclic) bond motifs is 2. The summed E-state index contributed by atoms with van der Waals surface area (Å²) >= 11 is 0. The van der Waals surface area contributed by atoms with Crippen LogP contribution in [0.5, 0.6) is 0 Å². The van der Waals surface area contributed by atoms with Crippen molar-refractivity contribution in [2.24, 2.45) is 0 Å². The zero-order chi connectivity index (χ0) is 25.4. The number of carbonyl (C=O) groups excluding carboxylic acids is 1. The summed E-state index contributed by atoms with van der Waals surface area (Å²) in [5.41, 5.74) is 4.36. The zero-order valence-electron chi connectivity index (χ0n) is 20.8. The van der Waals surface area contributed by atoms with Crippen molar-refractivity contribution in [2.45, 2.75) is 40.3 Å². The Kier molecular flexibility index (Phi) is 6.10. The van der Waals surface area contributed by atoms with Gasteiger partial charge in [0.1, 0.15) is 5.82 Å². The highest BCUT2D eigenvalue weighted by molar-refractivity contribution is 6.06. The second-order valence-corrected chi connectivity index (χ2v) is 9.19. The second kappa shape index (κ2) is 9.37. The standard InChI is InChI=1S/C28H28N6O2/c1-5-33(16-25-30-23-9-7-6-8-20(23)27(35)32-25)28(36)21-14-24(19-12-10-18(4)11-13-19)31-26-22(21)15-29-34(26)17(2)3/h6-15,17H,5,16H2,1-4H3,(H,30,32,35). The molecule has 0 fully saturated rings. The second-order valence-electron chi connectivity index (χ2n) is 9.19. The van der Waals surface area contributed by atoms with Crippen LogP contribution in [0.15, 0.2) is 65.6 Å². The van der Waals surface area contributed by atoms with Gasteiger partial charge in [-0.1, -0.05) is 42.0 Å². The number of amides is 1. The van der Waals surface area contributed by atoms with Gasteiger partial charge in [0, 0.05) is 18.2 Å². The topological polar surface area (TPSA) is 96.8 Å². The number of nitrogens with one attached hydrogen (secondary N) is 1. The SMILES string of the molecule is CCN(Cc1nc2ccccc2c(=O)[nH]1)C(=O)c1cc(-c2ccc(C)cc2)nc2c1cnn2C(C)C. The van der Waals surface area contributed by atoms with Gasteiger partial charge >= 0.3 is 0 Å². The van der Waals surface area contributed by atoms with Gasteiger partial charge in [-0.05, 0) is 45.9 Å². The van der Waals surface area contributed by atoms with Crippen LogP contribution in [0.3, 0.4) is 0 Å². The number of H-pyrrole nitrogens is 1. The molecule has 1 N–H and O–H groups in total. The van der Waals surface area contributed by atoms with E-state index in [1.54, 1.807) is 29.3 Å². The van der Waals surface area contributed by atoms with E-state index in [1.807, 2.05) is 68.8 Å². The molecule has 3 aromatic heterocycles. The molecule has 1 amide bonds. The van der Waals surface area contributed by atoms with Gasteiger partial charge in [-0.25, -0.2) is 14.6 Å². The van der Waals surface area contributed by atoms with Gasteiger partial charge in [0.25, 0.3) is 11.5 Å². The van der Waals surface area contributed by atoms with Gasteiger partial charge < -0.3 is 9.88 Å². The van der Waals surface area contributed by atoms with Crippen molar-refractivity contribution >= 4 is 27.8 Å². The lowest BCUT2D eigenvalue weighted by Gasteiger charge is -2.21. The third-order valence-electron chi connectivity index (χ3n) is 6.31. The molecule has 8 heteroatoms. The maximum absolute atomic E-state index is 13.9. The lowest BCUT2D eigenvalue weighted by molar-refractivity contribution is 0.0750. The molecule has 2 aromatic carbocycles. The minimum absolute atomic E-state index is 0.0837. The molecule has 0 aliphatic carbocycles. The van der Waals surface area contributed by atoms with Crippen LogP contribution in [0.25, 0.3) is 33.2 Å². The number of benzene rings is 2. The van der Waals surface area contributed by atoms with Crippen LogP contribution in [0.4, 0.5) is 0 Å². The molecule has 0 spiro atoms. The molecule has 0 aliphatic rings. The van der Waals surface area contributed by atoms with E-state index in [9.17, 15) is 9.59 Å². The van der Waals surface area contributed by atoms with Gasteiger partial charge in [-0.2, -0.15) is 5.10 Å². The van der Waals surface area contributed by atoms with E-state index in [0.29, 0.717) is 45.6 Å². The minimum atomic E-state index is -0.217. The maximum Gasteiger partial charge on any atom is 0.258 e. The third-order valence-corrected chi connectivity index (χ3v) is 6.31. The predicted octanol–water partition coefficient (Wildman–Crippen LogP) is 4.89. The van der Waals surface area contributed by atoms with Crippen molar-refractivity contribution in [3.63, 3.8) is 0 Å². The molecule has 0 atom stereocenters. The number of pyridine rings is 1. The molecule has 0 radical (unpaired) electrons. The van der Waals surface area contributed by atoms with Crippen molar-refractivity contribution in [1.82, 2.24) is 29.6 Å². The van der Waals surface area contributed by atoms with E-state index in [2.05, 4.69) is 15.1 Å². The Bertz CT molecular complexity index is 1630. The highest BCUT2D eigenvalue weighted by Crippen LogP contribution is 2.28. The summed E-state index contributed by atoms with van der Waals surface area (Å²) < 4.78 is 1.84. The van der Waals surface area contributed by atoms with Crippen molar-refractivity contribution in [1.29, 1.82) is 0 Å². The van der Waals surface area contributed by atoms with Crippen LogP contribution in [0.1, 0.15) is 48.6 Å². The first-order chi connectivity index (χ1) is 17.4. The highest BCUT2D eigenvalue weighted by Gasteiger charge is 2.23. The van der Waals surface area contributed by atoms with Crippen LogP contribution in [-0.4, -0.2) is 42.1 Å². The number of para-hydroxylation sites is 1. The Morgan fingerprint density at radius 3 is 2.53 bits per heavy atom. The quantitative estimate of drug-likeness (QED) is 0.373. The summed E-state index contributed by atoms with van der Waals surface area (Å²) in [5.74, 6) is 0.271. The summed E-state index contributed by atoms with van der Waals surface area (Å²) in [5, 5.41) is 5.75. The van der Waals surface area contributed by atoms with Gasteiger partial charge in [-0.15, -0.1) is 0 Å². The van der Waals surface area contributed by atoms with Gasteiger partial charge in [0.2, 0.25) is 0 Å². The molecule has 5 rings (SSSR count).